The number of hydrogen-bond donors (Lipinski definition) is 0. The van der Waals surface area contributed by atoms with Crippen molar-refractivity contribution in [1.82, 2.24) is 4.98 Å². The number of rotatable bonds is 6. The van der Waals surface area contributed by atoms with Gasteiger partial charge in [0.25, 0.3) is 0 Å². The first-order valence-corrected chi connectivity index (χ1v) is 8.10. The van der Waals surface area contributed by atoms with Gasteiger partial charge in [0.1, 0.15) is 0 Å². The molecule has 0 aliphatic carbocycles. The van der Waals surface area contributed by atoms with Gasteiger partial charge in [0.2, 0.25) is 0 Å². The van der Waals surface area contributed by atoms with Crippen LogP contribution in [0.1, 0.15) is 23.5 Å². The third-order valence-corrected chi connectivity index (χ3v) is 4.87. The molecule has 0 fully saturated rings. The Morgan fingerprint density at radius 3 is 2.90 bits per heavy atom. The van der Waals surface area contributed by atoms with Gasteiger partial charge >= 0.3 is 0 Å². The fourth-order valence-electron chi connectivity index (χ4n) is 2.52. The molecule has 1 aromatic carbocycles. The van der Waals surface area contributed by atoms with E-state index in [0.717, 1.165) is 31.8 Å². The van der Waals surface area contributed by atoms with Crippen LogP contribution in [0.15, 0.2) is 53.7 Å². The predicted molar refractivity (Wildman–Crippen MR) is 83.3 cm³/mol. The highest BCUT2D eigenvalue weighted by Gasteiger charge is 2.22. The summed E-state index contributed by atoms with van der Waals surface area (Å²) in [5.41, 5.74) is 2.80. The van der Waals surface area contributed by atoms with Crippen molar-refractivity contribution in [3.8, 4) is 0 Å². The summed E-state index contributed by atoms with van der Waals surface area (Å²) >= 11 is 1.95. The van der Waals surface area contributed by atoms with Gasteiger partial charge in [-0.3, -0.25) is 4.98 Å². The van der Waals surface area contributed by atoms with E-state index in [1.54, 1.807) is 0 Å². The summed E-state index contributed by atoms with van der Waals surface area (Å²) in [6.07, 6.45) is 5.84. The van der Waals surface area contributed by atoms with Crippen LogP contribution in [0.3, 0.4) is 0 Å². The van der Waals surface area contributed by atoms with E-state index in [2.05, 4.69) is 41.4 Å². The van der Waals surface area contributed by atoms with Crippen LogP contribution < -0.4 is 0 Å². The standard InChI is InChI=1S/C17H19NOS/c1-2-6-17-16(5-1)15(13-20-17)12-19-11-3-4-14-7-9-18-10-8-14/h1-2,5-10,15H,3-4,11-13H2. The molecular formula is C17H19NOS. The van der Waals surface area contributed by atoms with Gasteiger partial charge in [-0.05, 0) is 42.2 Å². The number of hydrogen-bond acceptors (Lipinski definition) is 3. The topological polar surface area (TPSA) is 22.1 Å². The van der Waals surface area contributed by atoms with E-state index in [0.29, 0.717) is 5.92 Å². The molecule has 0 amide bonds. The number of nitrogens with zero attached hydrogens (tertiary/aromatic N) is 1. The van der Waals surface area contributed by atoms with Crippen LogP contribution in [0, 0.1) is 0 Å². The quantitative estimate of drug-likeness (QED) is 0.751. The summed E-state index contributed by atoms with van der Waals surface area (Å²) in [6.45, 7) is 1.69. The molecule has 3 heteroatoms. The smallest absolute Gasteiger partial charge is 0.0543 e. The van der Waals surface area contributed by atoms with Gasteiger partial charge in [-0.25, -0.2) is 0 Å². The number of pyridine rings is 1. The highest BCUT2D eigenvalue weighted by Crippen LogP contribution is 2.39. The number of benzene rings is 1. The molecule has 1 aliphatic heterocycles. The van der Waals surface area contributed by atoms with Crippen molar-refractivity contribution in [3.05, 3.63) is 59.9 Å². The fraction of sp³-hybridized carbons (Fsp3) is 0.353. The first-order valence-electron chi connectivity index (χ1n) is 7.12. The van der Waals surface area contributed by atoms with E-state index in [9.17, 15) is 0 Å². The van der Waals surface area contributed by atoms with Crippen LogP contribution >= 0.6 is 11.8 Å². The van der Waals surface area contributed by atoms with Gasteiger partial charge < -0.3 is 4.74 Å². The van der Waals surface area contributed by atoms with E-state index < -0.39 is 0 Å². The lowest BCUT2D eigenvalue weighted by molar-refractivity contribution is 0.122. The zero-order valence-corrected chi connectivity index (χ0v) is 12.3. The molecule has 1 atom stereocenters. The van der Waals surface area contributed by atoms with E-state index in [1.807, 2.05) is 24.2 Å². The lowest BCUT2D eigenvalue weighted by Crippen LogP contribution is -2.08. The number of aryl methyl sites for hydroxylation is 1. The third kappa shape index (κ3) is 3.41. The Morgan fingerprint density at radius 1 is 1.15 bits per heavy atom. The Labute approximate surface area is 124 Å². The Morgan fingerprint density at radius 2 is 2.00 bits per heavy atom. The molecule has 3 rings (SSSR count). The van der Waals surface area contributed by atoms with E-state index >= 15 is 0 Å². The molecule has 0 radical (unpaired) electrons. The first-order chi connectivity index (χ1) is 9.93. The van der Waals surface area contributed by atoms with Gasteiger partial charge in [0.15, 0.2) is 0 Å². The van der Waals surface area contributed by atoms with E-state index in [1.165, 1.54) is 16.0 Å². The molecular weight excluding hydrogens is 266 g/mol. The van der Waals surface area contributed by atoms with Crippen LogP contribution in [0.25, 0.3) is 0 Å². The monoisotopic (exact) mass is 285 g/mol. The fourth-order valence-corrected chi connectivity index (χ4v) is 3.75. The molecule has 0 saturated carbocycles. The van der Waals surface area contributed by atoms with Crippen LogP contribution in [0.4, 0.5) is 0 Å². The van der Waals surface area contributed by atoms with Crippen molar-refractivity contribution in [2.45, 2.75) is 23.7 Å². The Hall–Kier alpha value is -1.32. The minimum Gasteiger partial charge on any atom is -0.381 e. The van der Waals surface area contributed by atoms with Crippen LogP contribution in [-0.4, -0.2) is 24.0 Å². The van der Waals surface area contributed by atoms with Crippen LogP contribution in [-0.2, 0) is 11.2 Å². The third-order valence-electron chi connectivity index (χ3n) is 3.62. The molecule has 1 aromatic heterocycles. The second kappa shape index (κ2) is 6.91. The average molecular weight is 285 g/mol. The largest absolute Gasteiger partial charge is 0.381 e. The van der Waals surface area contributed by atoms with E-state index in [4.69, 9.17) is 4.74 Å². The first kappa shape index (κ1) is 13.7. The molecule has 1 aliphatic rings. The lowest BCUT2D eigenvalue weighted by atomic mass is 10.0. The molecule has 0 bridgehead atoms. The zero-order chi connectivity index (χ0) is 13.6. The SMILES string of the molecule is c1ccc2c(c1)SCC2COCCCc1ccncc1. The maximum atomic E-state index is 5.87. The zero-order valence-electron chi connectivity index (χ0n) is 11.5. The van der Waals surface area contributed by atoms with Crippen molar-refractivity contribution in [3.63, 3.8) is 0 Å². The average Bonchev–Trinajstić information content (AvgIpc) is 2.91. The van der Waals surface area contributed by atoms with Crippen molar-refractivity contribution in [1.29, 1.82) is 0 Å². The second-order valence-electron chi connectivity index (χ2n) is 5.08. The van der Waals surface area contributed by atoms with Crippen LogP contribution in [0.2, 0.25) is 0 Å². The molecule has 1 unspecified atom stereocenters. The van der Waals surface area contributed by atoms with Crippen molar-refractivity contribution < 1.29 is 4.74 Å². The number of aromatic nitrogens is 1. The minimum atomic E-state index is 0.567. The van der Waals surface area contributed by atoms with Crippen molar-refractivity contribution >= 4 is 11.8 Å². The summed E-state index contributed by atoms with van der Waals surface area (Å²) in [4.78, 5) is 5.46. The minimum absolute atomic E-state index is 0.567. The van der Waals surface area contributed by atoms with Crippen molar-refractivity contribution in [2.24, 2.45) is 0 Å². The Kier molecular flexibility index (Phi) is 4.72. The van der Waals surface area contributed by atoms with Gasteiger partial charge in [-0.15, -0.1) is 11.8 Å². The lowest BCUT2D eigenvalue weighted by Gasteiger charge is -2.11. The molecule has 104 valence electrons. The highest BCUT2D eigenvalue weighted by molar-refractivity contribution is 7.99. The molecule has 0 N–H and O–H groups in total. The number of thioether (sulfide) groups is 1. The Bertz CT molecular complexity index is 544. The maximum Gasteiger partial charge on any atom is 0.0543 e. The molecule has 2 heterocycles. The molecule has 0 saturated heterocycles. The predicted octanol–water partition coefficient (Wildman–Crippen LogP) is 3.92. The summed E-state index contributed by atoms with van der Waals surface area (Å²) in [5, 5.41) is 0. The van der Waals surface area contributed by atoms with Gasteiger partial charge in [0.05, 0.1) is 6.61 Å². The summed E-state index contributed by atoms with van der Waals surface area (Å²) in [7, 11) is 0. The van der Waals surface area contributed by atoms with Gasteiger partial charge in [0, 0.05) is 35.6 Å². The second-order valence-corrected chi connectivity index (χ2v) is 6.14. The number of ether oxygens (including phenoxy) is 1. The highest BCUT2D eigenvalue weighted by atomic mass is 32.2. The molecule has 2 nitrogen and oxygen atoms in total. The normalized spacial score (nSPS) is 17.1. The van der Waals surface area contributed by atoms with Gasteiger partial charge in [-0.1, -0.05) is 18.2 Å². The van der Waals surface area contributed by atoms with Crippen LogP contribution in [0.5, 0.6) is 0 Å². The van der Waals surface area contributed by atoms with Gasteiger partial charge in [-0.2, -0.15) is 0 Å². The van der Waals surface area contributed by atoms with E-state index in [-0.39, 0.29) is 0 Å². The Balaban J connectivity index is 1.39. The van der Waals surface area contributed by atoms with Crippen molar-refractivity contribution in [2.75, 3.05) is 19.0 Å². The number of fused-ring (bicyclic) bond motifs is 1. The summed E-state index contributed by atoms with van der Waals surface area (Å²) in [5.74, 6) is 1.72. The maximum absolute atomic E-state index is 5.87. The molecule has 0 spiro atoms. The summed E-state index contributed by atoms with van der Waals surface area (Å²) < 4.78 is 5.87. The molecule has 2 aromatic rings. The molecule has 20 heavy (non-hydrogen) atoms. The summed E-state index contributed by atoms with van der Waals surface area (Å²) in [6, 6.07) is 12.8.